The quantitative estimate of drug-likeness (QED) is 0.741. The van der Waals surface area contributed by atoms with Crippen LogP contribution in [-0.2, 0) is 9.47 Å². The predicted octanol–water partition coefficient (Wildman–Crippen LogP) is 1.98. The highest BCUT2D eigenvalue weighted by Gasteiger charge is 2.20. The van der Waals surface area contributed by atoms with E-state index in [-0.39, 0.29) is 0 Å². The first kappa shape index (κ1) is 12.9. The zero-order chi connectivity index (χ0) is 12.2. The average molecular weight is 224 g/mol. The number of hydrogen-bond donors (Lipinski definition) is 1. The maximum Gasteiger partial charge on any atom is 0.204 e. The van der Waals surface area contributed by atoms with E-state index in [2.05, 4.69) is 4.99 Å². The highest BCUT2D eigenvalue weighted by Crippen LogP contribution is 2.19. The first-order valence-electron chi connectivity index (χ1n) is 5.38. The number of rotatable bonds is 1. The second kappa shape index (κ2) is 5.27. The van der Waals surface area contributed by atoms with Gasteiger partial charge in [-0.2, -0.15) is 0 Å². The van der Waals surface area contributed by atoms with Gasteiger partial charge in [-0.15, -0.1) is 0 Å². The fourth-order valence-corrected chi connectivity index (χ4v) is 1.28. The third-order valence-corrected chi connectivity index (χ3v) is 2.34. The van der Waals surface area contributed by atoms with Gasteiger partial charge in [0.25, 0.3) is 0 Å². The van der Waals surface area contributed by atoms with Gasteiger partial charge in [-0.3, -0.25) is 4.99 Å². The van der Waals surface area contributed by atoms with Gasteiger partial charge in [-0.25, -0.2) is 0 Å². The monoisotopic (exact) mass is 224 g/mol. The van der Waals surface area contributed by atoms with Crippen LogP contribution in [0, 0.1) is 0 Å². The molecule has 16 heavy (non-hydrogen) atoms. The molecule has 1 heterocycles. The number of nitrogens with two attached hydrogens (primary N) is 1. The molecule has 0 spiro atoms. The summed E-state index contributed by atoms with van der Waals surface area (Å²) >= 11 is 0. The lowest BCUT2D eigenvalue weighted by atomic mass is 10.2. The molecule has 0 aliphatic carbocycles. The fraction of sp³-hybridized carbons (Fsp3) is 0.583. The molecule has 4 heteroatoms. The molecule has 0 radical (unpaired) electrons. The second-order valence-corrected chi connectivity index (χ2v) is 4.20. The Morgan fingerprint density at radius 3 is 2.75 bits per heavy atom. The van der Waals surface area contributed by atoms with Crippen molar-refractivity contribution in [3.05, 3.63) is 23.1 Å². The van der Waals surface area contributed by atoms with Gasteiger partial charge in [0.15, 0.2) is 0 Å². The first-order valence-corrected chi connectivity index (χ1v) is 5.38. The lowest BCUT2D eigenvalue weighted by Crippen LogP contribution is -2.28. The van der Waals surface area contributed by atoms with Crippen molar-refractivity contribution in [2.45, 2.75) is 33.5 Å². The largest absolute Gasteiger partial charge is 0.466 e. The van der Waals surface area contributed by atoms with Crippen molar-refractivity contribution in [2.75, 3.05) is 13.2 Å². The number of nitrogens with zero attached hydrogens (tertiary/aromatic N) is 1. The third-order valence-electron chi connectivity index (χ3n) is 2.34. The Morgan fingerprint density at radius 1 is 1.44 bits per heavy atom. The highest BCUT2D eigenvalue weighted by atomic mass is 16.7. The first-order chi connectivity index (χ1) is 7.44. The highest BCUT2D eigenvalue weighted by molar-refractivity contribution is 5.79. The summed E-state index contributed by atoms with van der Waals surface area (Å²) in [5.41, 5.74) is 7.39. The van der Waals surface area contributed by atoms with Crippen molar-refractivity contribution in [3.8, 4) is 0 Å². The molecule has 0 aromatic heterocycles. The Morgan fingerprint density at radius 2 is 2.12 bits per heavy atom. The zero-order valence-electron chi connectivity index (χ0n) is 10.4. The van der Waals surface area contributed by atoms with E-state index in [1.165, 1.54) is 0 Å². The predicted molar refractivity (Wildman–Crippen MR) is 65.1 cm³/mol. The van der Waals surface area contributed by atoms with Gasteiger partial charge in [0.05, 0.1) is 12.3 Å². The molecule has 0 saturated carbocycles. The summed E-state index contributed by atoms with van der Waals surface area (Å²) in [6.07, 6.45) is 3.67. The lowest BCUT2D eigenvalue weighted by molar-refractivity contribution is -0.183. The molecule has 1 rings (SSSR count). The smallest absolute Gasteiger partial charge is 0.204 e. The maximum atomic E-state index is 5.68. The Bertz CT molecular complexity index is 341. The van der Waals surface area contributed by atoms with Crippen LogP contribution in [0.15, 0.2) is 28.1 Å². The van der Waals surface area contributed by atoms with Crippen LogP contribution in [0.2, 0.25) is 0 Å². The van der Waals surface area contributed by atoms with Gasteiger partial charge in [-0.05, 0) is 19.4 Å². The lowest BCUT2D eigenvalue weighted by Gasteiger charge is -2.27. The molecule has 0 atom stereocenters. The molecule has 1 aliphatic rings. The molecular formula is C12H20N2O2. The minimum atomic E-state index is -0.644. The van der Waals surface area contributed by atoms with Gasteiger partial charge in [0, 0.05) is 26.6 Å². The van der Waals surface area contributed by atoms with Crippen molar-refractivity contribution in [2.24, 2.45) is 10.7 Å². The van der Waals surface area contributed by atoms with E-state index in [0.717, 1.165) is 17.0 Å². The van der Waals surface area contributed by atoms with Gasteiger partial charge < -0.3 is 15.2 Å². The summed E-state index contributed by atoms with van der Waals surface area (Å²) in [4.78, 5) is 4.31. The summed E-state index contributed by atoms with van der Waals surface area (Å²) < 4.78 is 11.3. The van der Waals surface area contributed by atoms with E-state index in [4.69, 9.17) is 15.2 Å². The van der Waals surface area contributed by atoms with E-state index >= 15 is 0 Å². The van der Waals surface area contributed by atoms with Crippen molar-refractivity contribution in [1.29, 1.82) is 0 Å². The minimum Gasteiger partial charge on any atom is -0.466 e. The standard InChI is InChI=1S/C12H20N2O2/c1-9-10(2)16-12(3,4)15-6-5-11(7-13)8-14-9/h5,8H,6-7,13H2,1-4H3/b10-9+,11-5+,14-8-. The number of allylic oxidation sites excluding steroid dienone is 2. The second-order valence-electron chi connectivity index (χ2n) is 4.20. The molecule has 1 aliphatic heterocycles. The molecular weight excluding hydrogens is 204 g/mol. The van der Waals surface area contributed by atoms with Crippen LogP contribution in [0.3, 0.4) is 0 Å². The van der Waals surface area contributed by atoms with Crippen molar-refractivity contribution < 1.29 is 9.47 Å². The van der Waals surface area contributed by atoms with E-state index in [1.807, 2.05) is 33.8 Å². The Kier molecular flexibility index (Phi) is 4.26. The summed E-state index contributed by atoms with van der Waals surface area (Å²) in [7, 11) is 0. The van der Waals surface area contributed by atoms with Crippen LogP contribution in [0.1, 0.15) is 27.7 Å². The molecule has 0 aromatic carbocycles. The Labute approximate surface area is 96.8 Å². The topological polar surface area (TPSA) is 56.8 Å². The van der Waals surface area contributed by atoms with Gasteiger partial charge >= 0.3 is 0 Å². The van der Waals surface area contributed by atoms with E-state index in [0.29, 0.717) is 13.2 Å². The molecule has 0 fully saturated rings. The minimum absolute atomic E-state index is 0.459. The van der Waals surface area contributed by atoms with E-state index < -0.39 is 5.79 Å². The van der Waals surface area contributed by atoms with E-state index in [1.54, 1.807) is 6.21 Å². The zero-order valence-corrected chi connectivity index (χ0v) is 10.4. The average Bonchev–Trinajstić information content (AvgIpc) is 2.20. The van der Waals surface area contributed by atoms with Crippen LogP contribution in [0.25, 0.3) is 0 Å². The Hall–Kier alpha value is -1.13. The van der Waals surface area contributed by atoms with Gasteiger partial charge in [-0.1, -0.05) is 6.08 Å². The van der Waals surface area contributed by atoms with Crippen LogP contribution in [0.4, 0.5) is 0 Å². The maximum absolute atomic E-state index is 5.68. The molecule has 0 bridgehead atoms. The number of hydrogen-bond acceptors (Lipinski definition) is 4. The number of ether oxygens (including phenoxy) is 2. The molecule has 0 saturated heterocycles. The summed E-state index contributed by atoms with van der Waals surface area (Å²) in [6, 6.07) is 0. The van der Waals surface area contributed by atoms with E-state index in [9.17, 15) is 0 Å². The summed E-state index contributed by atoms with van der Waals surface area (Å²) in [5, 5.41) is 0. The number of aliphatic imine (C=N–C) groups is 1. The van der Waals surface area contributed by atoms with Crippen LogP contribution < -0.4 is 5.73 Å². The van der Waals surface area contributed by atoms with Crippen molar-refractivity contribution >= 4 is 6.21 Å². The van der Waals surface area contributed by atoms with Crippen LogP contribution in [-0.4, -0.2) is 25.2 Å². The van der Waals surface area contributed by atoms with Crippen LogP contribution >= 0.6 is 0 Å². The summed E-state index contributed by atoms with van der Waals surface area (Å²) in [6.45, 7) is 8.47. The van der Waals surface area contributed by atoms with Crippen molar-refractivity contribution in [3.63, 3.8) is 0 Å². The molecule has 0 aromatic rings. The molecule has 0 amide bonds. The summed E-state index contributed by atoms with van der Waals surface area (Å²) in [5.74, 6) is 0.119. The fourth-order valence-electron chi connectivity index (χ4n) is 1.28. The molecule has 4 nitrogen and oxygen atoms in total. The SMILES string of the molecule is CC1=C(/C)OC(C)(C)OC/C=C(CN)/C=N\1. The van der Waals surface area contributed by atoms with Gasteiger partial charge in [0.1, 0.15) is 5.76 Å². The third kappa shape index (κ3) is 3.79. The Balaban J connectivity index is 3.00. The molecule has 2 N–H and O–H groups in total. The van der Waals surface area contributed by atoms with Crippen molar-refractivity contribution in [1.82, 2.24) is 0 Å². The van der Waals surface area contributed by atoms with Crippen LogP contribution in [0.5, 0.6) is 0 Å². The molecule has 90 valence electrons. The van der Waals surface area contributed by atoms with Gasteiger partial charge in [0.2, 0.25) is 5.79 Å². The molecule has 0 unspecified atom stereocenters. The normalized spacial score (nSPS) is 31.2.